The van der Waals surface area contributed by atoms with Gasteiger partial charge in [-0.1, -0.05) is 87.0 Å². The van der Waals surface area contributed by atoms with Crippen molar-refractivity contribution < 1.29 is 9.53 Å². The fraction of sp³-hybridized carbons (Fsp3) is 0.364. The molecule has 2 heteroatoms. The van der Waals surface area contributed by atoms with Crippen LogP contribution in [0.25, 0.3) is 22.3 Å². The Kier molecular flexibility index (Phi) is 7.18. The summed E-state index contributed by atoms with van der Waals surface area (Å²) >= 11 is 0. The number of benzene rings is 3. The molecule has 3 aromatic carbocycles. The summed E-state index contributed by atoms with van der Waals surface area (Å²) in [6, 6.07) is 23.2. The summed E-state index contributed by atoms with van der Waals surface area (Å²) in [5, 5.41) is 0. The van der Waals surface area contributed by atoms with E-state index in [1.807, 2.05) is 0 Å². The van der Waals surface area contributed by atoms with E-state index in [0.717, 1.165) is 32.1 Å². The zero-order chi connectivity index (χ0) is 24.2. The highest BCUT2D eigenvalue weighted by Gasteiger charge is 2.24. The van der Waals surface area contributed by atoms with Crippen molar-refractivity contribution in [2.24, 2.45) is 0 Å². The lowest BCUT2D eigenvalue weighted by molar-refractivity contribution is -0.144. The summed E-state index contributed by atoms with van der Waals surface area (Å²) in [6.45, 7) is 5.76. The van der Waals surface area contributed by atoms with E-state index in [1.54, 1.807) is 0 Å². The highest BCUT2D eigenvalue weighted by molar-refractivity contribution is 5.81. The molecule has 0 aliphatic heterocycles. The van der Waals surface area contributed by atoms with Gasteiger partial charge in [-0.15, -0.1) is 0 Å². The van der Waals surface area contributed by atoms with Gasteiger partial charge in [0.05, 0.1) is 0 Å². The molecule has 2 nitrogen and oxygen atoms in total. The standard InChI is InChI=1S/C33H36O2/c1-3-5-6-7-23-8-18-31-28(20-23)22-29-21-27(15-19-32(29)31)26-11-9-24(10-12-26)25-13-16-30(17-14-25)35-33(34)4-2/h4,8-12,15,18-21,25,30H,2-3,5-7,13-14,16-17,22H2,1H3. The van der Waals surface area contributed by atoms with Crippen LogP contribution in [0, 0.1) is 0 Å². The molecule has 0 N–H and O–H groups in total. The Bertz CT molecular complexity index is 1200. The summed E-state index contributed by atoms with van der Waals surface area (Å²) in [5.41, 5.74) is 11.2. The van der Waals surface area contributed by atoms with Crippen LogP contribution in [0.4, 0.5) is 0 Å². The van der Waals surface area contributed by atoms with Gasteiger partial charge < -0.3 is 4.74 Å². The number of rotatable bonds is 8. The van der Waals surface area contributed by atoms with E-state index in [-0.39, 0.29) is 12.1 Å². The number of esters is 1. The van der Waals surface area contributed by atoms with Crippen molar-refractivity contribution in [2.75, 3.05) is 0 Å². The maximum absolute atomic E-state index is 11.5. The molecule has 1 saturated carbocycles. The van der Waals surface area contributed by atoms with Gasteiger partial charge in [0.25, 0.3) is 0 Å². The van der Waals surface area contributed by atoms with Crippen LogP contribution in [0.5, 0.6) is 0 Å². The van der Waals surface area contributed by atoms with Crippen LogP contribution in [-0.2, 0) is 22.4 Å². The van der Waals surface area contributed by atoms with E-state index in [0.29, 0.717) is 5.92 Å². The number of aryl methyl sites for hydroxylation is 1. The van der Waals surface area contributed by atoms with Crippen LogP contribution in [0.2, 0.25) is 0 Å². The van der Waals surface area contributed by atoms with Gasteiger partial charge in [-0.25, -0.2) is 4.79 Å². The summed E-state index contributed by atoms with van der Waals surface area (Å²) in [7, 11) is 0. The molecule has 2 aliphatic rings. The minimum atomic E-state index is -0.303. The summed E-state index contributed by atoms with van der Waals surface area (Å²) in [6.07, 6.45) is 11.4. The SMILES string of the molecule is C=CC(=O)OC1CCC(c2ccc(-c3ccc4c(c3)Cc3cc(CCCCC)ccc3-4)cc2)CC1. The lowest BCUT2D eigenvalue weighted by Gasteiger charge is -2.28. The average molecular weight is 465 g/mol. The number of carbonyl (C=O) groups excluding carboxylic acids is 1. The number of unbranched alkanes of at least 4 members (excludes halogenated alkanes) is 2. The Morgan fingerprint density at radius 3 is 2.29 bits per heavy atom. The summed E-state index contributed by atoms with van der Waals surface area (Å²) in [5.74, 6) is 0.242. The Morgan fingerprint density at radius 1 is 0.886 bits per heavy atom. The lowest BCUT2D eigenvalue weighted by atomic mass is 9.82. The van der Waals surface area contributed by atoms with Crippen molar-refractivity contribution in [2.45, 2.75) is 76.7 Å². The first kappa shape index (κ1) is 23.6. The summed E-state index contributed by atoms with van der Waals surface area (Å²) < 4.78 is 5.43. The van der Waals surface area contributed by atoms with Gasteiger partial charge in [-0.3, -0.25) is 0 Å². The maximum atomic E-state index is 11.5. The van der Waals surface area contributed by atoms with Crippen LogP contribution in [0.3, 0.4) is 0 Å². The highest BCUT2D eigenvalue weighted by Crippen LogP contribution is 2.40. The van der Waals surface area contributed by atoms with Gasteiger partial charge in [0.15, 0.2) is 0 Å². The molecule has 3 aromatic rings. The van der Waals surface area contributed by atoms with Crippen LogP contribution < -0.4 is 0 Å². The number of hydrogen-bond donors (Lipinski definition) is 0. The van der Waals surface area contributed by atoms with Crippen molar-refractivity contribution in [3.63, 3.8) is 0 Å². The molecule has 0 amide bonds. The number of fused-ring (bicyclic) bond motifs is 3. The van der Waals surface area contributed by atoms with Crippen molar-refractivity contribution in [3.05, 3.63) is 95.6 Å². The second-order valence-electron chi connectivity index (χ2n) is 10.2. The minimum Gasteiger partial charge on any atom is -0.459 e. The molecule has 2 aliphatic carbocycles. The predicted molar refractivity (Wildman–Crippen MR) is 145 cm³/mol. The zero-order valence-electron chi connectivity index (χ0n) is 20.9. The number of hydrogen-bond acceptors (Lipinski definition) is 2. The Hall–Kier alpha value is -3.13. The molecular weight excluding hydrogens is 428 g/mol. The number of ether oxygens (including phenoxy) is 1. The lowest BCUT2D eigenvalue weighted by Crippen LogP contribution is -2.23. The second-order valence-corrected chi connectivity index (χ2v) is 10.2. The molecule has 5 rings (SSSR count). The van der Waals surface area contributed by atoms with Crippen LogP contribution in [-0.4, -0.2) is 12.1 Å². The molecule has 180 valence electrons. The van der Waals surface area contributed by atoms with Gasteiger partial charge in [-0.05, 0) is 95.4 Å². The van der Waals surface area contributed by atoms with Crippen molar-refractivity contribution in [1.29, 1.82) is 0 Å². The summed E-state index contributed by atoms with van der Waals surface area (Å²) in [4.78, 5) is 11.5. The molecule has 0 atom stereocenters. The maximum Gasteiger partial charge on any atom is 0.330 e. The van der Waals surface area contributed by atoms with Crippen molar-refractivity contribution in [3.8, 4) is 22.3 Å². The Morgan fingerprint density at radius 2 is 1.57 bits per heavy atom. The van der Waals surface area contributed by atoms with E-state index in [2.05, 4.69) is 74.2 Å². The van der Waals surface area contributed by atoms with Crippen LogP contribution in [0.15, 0.2) is 73.3 Å². The zero-order valence-corrected chi connectivity index (χ0v) is 20.9. The molecular formula is C33H36O2. The number of carbonyl (C=O) groups is 1. The van der Waals surface area contributed by atoms with Crippen LogP contribution in [0.1, 0.15) is 80.0 Å². The van der Waals surface area contributed by atoms with Gasteiger partial charge >= 0.3 is 5.97 Å². The first-order valence-electron chi connectivity index (χ1n) is 13.3. The fourth-order valence-electron chi connectivity index (χ4n) is 5.85. The van der Waals surface area contributed by atoms with E-state index in [1.165, 1.54) is 76.3 Å². The first-order chi connectivity index (χ1) is 17.1. The van der Waals surface area contributed by atoms with Gasteiger partial charge in [0.2, 0.25) is 0 Å². The minimum absolute atomic E-state index is 0.0407. The van der Waals surface area contributed by atoms with Gasteiger partial charge in [-0.2, -0.15) is 0 Å². The fourth-order valence-corrected chi connectivity index (χ4v) is 5.85. The van der Waals surface area contributed by atoms with E-state index >= 15 is 0 Å². The van der Waals surface area contributed by atoms with Gasteiger partial charge in [0, 0.05) is 6.08 Å². The highest BCUT2D eigenvalue weighted by atomic mass is 16.5. The largest absolute Gasteiger partial charge is 0.459 e. The average Bonchev–Trinajstić information content (AvgIpc) is 3.26. The third-order valence-corrected chi connectivity index (χ3v) is 7.85. The molecule has 0 unspecified atom stereocenters. The molecule has 0 saturated heterocycles. The van der Waals surface area contributed by atoms with E-state index in [9.17, 15) is 4.79 Å². The molecule has 0 bridgehead atoms. The molecule has 1 fully saturated rings. The molecule has 0 spiro atoms. The quantitative estimate of drug-likeness (QED) is 0.149. The Balaban J connectivity index is 1.24. The predicted octanol–water partition coefficient (Wildman–Crippen LogP) is 8.41. The third kappa shape index (κ3) is 5.27. The van der Waals surface area contributed by atoms with Gasteiger partial charge in [0.1, 0.15) is 6.10 Å². The van der Waals surface area contributed by atoms with Crippen molar-refractivity contribution >= 4 is 5.97 Å². The van der Waals surface area contributed by atoms with Crippen molar-refractivity contribution in [1.82, 2.24) is 0 Å². The first-order valence-corrected chi connectivity index (χ1v) is 13.3. The van der Waals surface area contributed by atoms with E-state index < -0.39 is 0 Å². The normalized spacial score (nSPS) is 18.5. The molecule has 0 radical (unpaired) electrons. The monoisotopic (exact) mass is 464 g/mol. The topological polar surface area (TPSA) is 26.3 Å². The third-order valence-electron chi connectivity index (χ3n) is 7.85. The molecule has 0 aromatic heterocycles. The second kappa shape index (κ2) is 10.6. The van der Waals surface area contributed by atoms with E-state index in [4.69, 9.17) is 4.74 Å². The Labute approximate surface area is 210 Å². The molecule has 35 heavy (non-hydrogen) atoms. The molecule has 0 heterocycles. The smallest absolute Gasteiger partial charge is 0.330 e. The van der Waals surface area contributed by atoms with Crippen LogP contribution >= 0.6 is 0 Å².